The molecule has 2 aromatic heterocycles. The van der Waals surface area contributed by atoms with Crippen LogP contribution in [0.25, 0.3) is 39.3 Å². The van der Waals surface area contributed by atoms with Crippen LogP contribution in [0.3, 0.4) is 0 Å². The molecule has 0 aliphatic heterocycles. The van der Waals surface area contributed by atoms with Crippen molar-refractivity contribution < 1.29 is 34.9 Å². The summed E-state index contributed by atoms with van der Waals surface area (Å²) in [6.45, 7) is 0. The van der Waals surface area contributed by atoms with E-state index in [-0.39, 0.29) is 21.1 Å². The van der Waals surface area contributed by atoms with Crippen LogP contribution in [-0.2, 0) is 28.1 Å². The molecular formula is C37H26N4OPt+2. The van der Waals surface area contributed by atoms with Gasteiger partial charge >= 0.3 is 21.1 Å². The van der Waals surface area contributed by atoms with Crippen molar-refractivity contribution in [3.05, 3.63) is 165 Å². The van der Waals surface area contributed by atoms with Crippen molar-refractivity contribution in [2.45, 2.75) is 0 Å². The molecule has 0 atom stereocenters. The number of hydrogen-bond acceptors (Lipinski definition) is 1. The van der Waals surface area contributed by atoms with Gasteiger partial charge in [-0.25, -0.2) is 0 Å². The Labute approximate surface area is 265 Å². The van der Waals surface area contributed by atoms with Crippen LogP contribution in [0.15, 0.2) is 140 Å². The molecule has 7 aromatic rings. The van der Waals surface area contributed by atoms with Gasteiger partial charge in [0.25, 0.3) is 6.33 Å². The molecule has 6 heteroatoms. The Hall–Kier alpha value is -4.99. The molecule has 0 fully saturated rings. The van der Waals surface area contributed by atoms with E-state index in [2.05, 4.69) is 96.1 Å². The molecule has 5 aromatic carbocycles. The largest absolute Gasteiger partial charge is 4.00 e. The van der Waals surface area contributed by atoms with Crippen molar-refractivity contribution in [3.63, 3.8) is 0 Å². The smallest absolute Gasteiger partial charge is 0.510 e. The van der Waals surface area contributed by atoms with Gasteiger partial charge in [0.15, 0.2) is 0 Å². The first-order chi connectivity index (χ1) is 20.7. The van der Waals surface area contributed by atoms with Gasteiger partial charge in [0.2, 0.25) is 6.33 Å². The van der Waals surface area contributed by atoms with Crippen molar-refractivity contribution in [1.82, 2.24) is 9.13 Å². The van der Waals surface area contributed by atoms with Crippen molar-refractivity contribution in [3.8, 4) is 50.8 Å². The molecule has 2 heterocycles. The molecule has 0 N–H and O–H groups in total. The SMILES string of the molecule is C[n+]1[c-]n(-c2[c-]c(Oc3[c-]c(-n4[c-][n+](-c5c(-c6ccccc6)cccc5-c5ccccc5)cc4)ccc3)ccc2)cc1.[Pt+4]. The van der Waals surface area contributed by atoms with E-state index in [1.807, 2.05) is 94.1 Å². The normalized spacial score (nSPS) is 10.7. The molecule has 0 saturated heterocycles. The van der Waals surface area contributed by atoms with Crippen molar-refractivity contribution in [2.24, 2.45) is 7.05 Å². The monoisotopic (exact) mass is 737 g/mol. The van der Waals surface area contributed by atoms with Gasteiger partial charge in [-0.05, 0) is 27.9 Å². The van der Waals surface area contributed by atoms with Crippen LogP contribution >= 0.6 is 0 Å². The Balaban J connectivity index is 0.00000329. The number of rotatable bonds is 7. The minimum absolute atomic E-state index is 0. The van der Waals surface area contributed by atoms with Crippen molar-refractivity contribution in [1.29, 1.82) is 0 Å². The Morgan fingerprint density at radius 3 is 1.60 bits per heavy atom. The molecule has 43 heavy (non-hydrogen) atoms. The molecular weight excluding hydrogens is 712 g/mol. The van der Waals surface area contributed by atoms with Gasteiger partial charge < -0.3 is 18.4 Å². The van der Waals surface area contributed by atoms with Crippen molar-refractivity contribution in [2.75, 3.05) is 0 Å². The van der Waals surface area contributed by atoms with Crippen LogP contribution in [0, 0.1) is 24.8 Å². The molecule has 208 valence electrons. The van der Waals surface area contributed by atoms with Crippen molar-refractivity contribution >= 4 is 0 Å². The number of ether oxygens (including phenoxy) is 1. The summed E-state index contributed by atoms with van der Waals surface area (Å²) in [6.07, 6.45) is 14.6. The first kappa shape index (κ1) is 28.1. The maximum absolute atomic E-state index is 6.18. The molecule has 0 bridgehead atoms. The van der Waals surface area contributed by atoms with E-state index >= 15 is 0 Å². The predicted octanol–water partition coefficient (Wildman–Crippen LogP) is 6.69. The summed E-state index contributed by atoms with van der Waals surface area (Å²) in [7, 11) is 1.93. The third-order valence-electron chi connectivity index (χ3n) is 6.98. The van der Waals surface area contributed by atoms with Gasteiger partial charge in [-0.15, -0.1) is 24.3 Å². The van der Waals surface area contributed by atoms with Gasteiger partial charge in [-0.3, -0.25) is 4.57 Å². The Bertz CT molecular complexity index is 1920. The third kappa shape index (κ3) is 5.99. The molecule has 0 saturated carbocycles. The van der Waals surface area contributed by atoms with Crippen LogP contribution in [0.1, 0.15) is 0 Å². The maximum Gasteiger partial charge on any atom is 4.00 e. The summed E-state index contributed by atoms with van der Waals surface area (Å²) in [5.74, 6) is 1.19. The number of imidazole rings is 2. The predicted molar refractivity (Wildman–Crippen MR) is 161 cm³/mol. The van der Waals surface area contributed by atoms with Crippen LogP contribution in [0.5, 0.6) is 11.5 Å². The Kier molecular flexibility index (Phi) is 8.17. The molecule has 0 radical (unpaired) electrons. The summed E-state index contributed by atoms with van der Waals surface area (Å²) in [6, 6.07) is 45.7. The fourth-order valence-electron chi connectivity index (χ4n) is 5.01. The molecule has 0 aliphatic carbocycles. The van der Waals surface area contributed by atoms with Gasteiger partial charge in [0, 0.05) is 36.3 Å². The topological polar surface area (TPSA) is 26.8 Å². The van der Waals surface area contributed by atoms with E-state index in [1.165, 1.54) is 0 Å². The zero-order chi connectivity index (χ0) is 28.3. The van der Waals surface area contributed by atoms with Crippen LogP contribution in [0.2, 0.25) is 0 Å². The molecule has 0 unspecified atom stereocenters. The second-order valence-electron chi connectivity index (χ2n) is 9.85. The number of nitrogens with zero attached hydrogens (tertiary/aromatic N) is 4. The Morgan fingerprint density at radius 1 is 0.558 bits per heavy atom. The Morgan fingerprint density at radius 2 is 1.07 bits per heavy atom. The summed E-state index contributed by atoms with van der Waals surface area (Å²) in [5.41, 5.74) is 7.25. The standard InChI is InChI=1S/C37H26N4O.Pt/c1-38-21-22-39(27-38)31-15-8-17-33(25-31)42-34-18-9-16-32(26-34)40-23-24-41(28-40)37-35(29-11-4-2-5-12-29)19-10-20-36(37)30-13-6-3-7-14-30;/h2-24H,1H3;/q-2;+4. The third-order valence-corrected chi connectivity index (χ3v) is 6.98. The summed E-state index contributed by atoms with van der Waals surface area (Å²) >= 11 is 0. The fraction of sp³-hybridized carbons (Fsp3) is 0.0270. The van der Waals surface area contributed by atoms with Gasteiger partial charge in [-0.2, -0.15) is 24.3 Å². The number of aryl methyl sites for hydroxylation is 1. The zero-order valence-electron chi connectivity index (χ0n) is 23.3. The van der Waals surface area contributed by atoms with Crippen LogP contribution in [-0.4, -0.2) is 9.13 Å². The zero-order valence-corrected chi connectivity index (χ0v) is 25.6. The number of hydrogen-bond donors (Lipinski definition) is 0. The molecule has 5 nitrogen and oxygen atoms in total. The average molecular weight is 738 g/mol. The minimum Gasteiger partial charge on any atom is -0.510 e. The number of para-hydroxylation sites is 1. The second-order valence-corrected chi connectivity index (χ2v) is 9.85. The summed E-state index contributed by atoms with van der Waals surface area (Å²) in [4.78, 5) is 0. The molecule has 0 aliphatic rings. The van der Waals surface area contributed by atoms with E-state index in [0.29, 0.717) is 11.5 Å². The molecule has 0 spiro atoms. The van der Waals surface area contributed by atoms with Gasteiger partial charge in [0.05, 0.1) is 12.7 Å². The van der Waals surface area contributed by atoms with Crippen LogP contribution < -0.4 is 13.9 Å². The minimum atomic E-state index is 0. The average Bonchev–Trinajstić information content (AvgIpc) is 3.72. The first-order valence-corrected chi connectivity index (χ1v) is 13.7. The summed E-state index contributed by atoms with van der Waals surface area (Å²) < 4.78 is 13.9. The summed E-state index contributed by atoms with van der Waals surface area (Å²) in [5, 5.41) is 0. The van der Waals surface area contributed by atoms with E-state index < -0.39 is 0 Å². The van der Waals surface area contributed by atoms with E-state index in [0.717, 1.165) is 39.3 Å². The van der Waals surface area contributed by atoms with Gasteiger partial charge in [0.1, 0.15) is 0 Å². The van der Waals surface area contributed by atoms with E-state index in [1.54, 1.807) is 0 Å². The quantitative estimate of drug-likeness (QED) is 0.132. The molecule has 7 rings (SSSR count). The van der Waals surface area contributed by atoms with Gasteiger partial charge in [-0.1, -0.05) is 84.6 Å². The van der Waals surface area contributed by atoms with E-state index in [9.17, 15) is 0 Å². The molecule has 0 amide bonds. The number of benzene rings is 5. The fourth-order valence-corrected chi connectivity index (χ4v) is 5.01. The second kappa shape index (κ2) is 12.5. The van der Waals surface area contributed by atoms with Crippen LogP contribution in [0.4, 0.5) is 0 Å². The first-order valence-electron chi connectivity index (χ1n) is 13.7. The number of aromatic nitrogens is 4. The van der Waals surface area contributed by atoms with E-state index in [4.69, 9.17) is 4.74 Å². The maximum atomic E-state index is 6.18.